The summed E-state index contributed by atoms with van der Waals surface area (Å²) >= 11 is 1.39. The van der Waals surface area contributed by atoms with Crippen molar-refractivity contribution in [2.45, 2.75) is 6.42 Å². The summed E-state index contributed by atoms with van der Waals surface area (Å²) in [4.78, 5) is 28.8. The first-order chi connectivity index (χ1) is 11.6. The molecule has 1 aliphatic rings. The first-order valence-corrected chi connectivity index (χ1v) is 8.51. The third-order valence-corrected chi connectivity index (χ3v) is 4.83. The largest absolute Gasteiger partial charge is 0.337 e. The maximum atomic E-state index is 13.3. The second-order valence-corrected chi connectivity index (χ2v) is 6.49. The van der Waals surface area contributed by atoms with Crippen molar-refractivity contribution in [3.8, 4) is 0 Å². The molecule has 1 aromatic carbocycles. The molecule has 24 heavy (non-hydrogen) atoms. The smallest absolute Gasteiger partial charge is 0.263 e. The molecule has 3 rings (SSSR count). The lowest BCUT2D eigenvalue weighted by Gasteiger charge is -2.22. The Labute approximate surface area is 142 Å². The van der Waals surface area contributed by atoms with Crippen LogP contribution in [0.4, 0.5) is 8.78 Å². The van der Waals surface area contributed by atoms with Gasteiger partial charge in [0.2, 0.25) is 0 Å². The number of thiophene rings is 1. The molecule has 4 nitrogen and oxygen atoms in total. The Morgan fingerprint density at radius 2 is 1.62 bits per heavy atom. The third-order valence-electron chi connectivity index (χ3n) is 3.97. The summed E-state index contributed by atoms with van der Waals surface area (Å²) < 4.78 is 26.3. The Morgan fingerprint density at radius 1 is 0.917 bits per heavy atom. The molecule has 1 aromatic heterocycles. The summed E-state index contributed by atoms with van der Waals surface area (Å²) in [5.41, 5.74) is 0.118. The molecular weight excluding hydrogens is 334 g/mol. The van der Waals surface area contributed by atoms with E-state index in [1.165, 1.54) is 17.4 Å². The maximum Gasteiger partial charge on any atom is 0.263 e. The first kappa shape index (κ1) is 16.6. The van der Waals surface area contributed by atoms with Crippen LogP contribution in [0.2, 0.25) is 0 Å². The summed E-state index contributed by atoms with van der Waals surface area (Å²) in [5.74, 6) is -2.40. The zero-order valence-electron chi connectivity index (χ0n) is 12.9. The van der Waals surface area contributed by atoms with Gasteiger partial charge >= 0.3 is 0 Å². The van der Waals surface area contributed by atoms with Gasteiger partial charge in [0.1, 0.15) is 0 Å². The van der Waals surface area contributed by atoms with Crippen molar-refractivity contribution in [1.82, 2.24) is 9.80 Å². The van der Waals surface area contributed by atoms with E-state index in [9.17, 15) is 18.4 Å². The Bertz CT molecular complexity index is 749. The standard InChI is InChI=1S/C17H16F2N2O2S/c18-13-5-4-12(11-14(13)19)16(22)20-6-2-7-21(9-8-20)17(23)15-3-1-10-24-15/h1,3-5,10-11H,2,6-9H2. The number of halogens is 2. The normalized spacial score (nSPS) is 15.2. The Hall–Kier alpha value is -2.28. The van der Waals surface area contributed by atoms with Crippen LogP contribution in [0.15, 0.2) is 35.7 Å². The van der Waals surface area contributed by atoms with E-state index in [-0.39, 0.29) is 17.4 Å². The van der Waals surface area contributed by atoms with Gasteiger partial charge in [-0.05, 0) is 36.1 Å². The molecule has 0 unspecified atom stereocenters. The highest BCUT2D eigenvalue weighted by Gasteiger charge is 2.24. The van der Waals surface area contributed by atoms with Crippen molar-refractivity contribution < 1.29 is 18.4 Å². The maximum absolute atomic E-state index is 13.3. The molecule has 0 atom stereocenters. The Kier molecular flexibility index (Phi) is 4.89. The van der Waals surface area contributed by atoms with E-state index >= 15 is 0 Å². The minimum Gasteiger partial charge on any atom is -0.337 e. The zero-order valence-corrected chi connectivity index (χ0v) is 13.7. The molecule has 0 spiro atoms. The summed E-state index contributed by atoms with van der Waals surface area (Å²) in [6.07, 6.45) is 0.645. The van der Waals surface area contributed by atoms with Gasteiger partial charge in [0.25, 0.3) is 11.8 Å². The quantitative estimate of drug-likeness (QED) is 0.835. The fraction of sp³-hybridized carbons (Fsp3) is 0.294. The highest BCUT2D eigenvalue weighted by molar-refractivity contribution is 7.12. The van der Waals surface area contributed by atoms with Gasteiger partial charge in [-0.3, -0.25) is 9.59 Å². The SMILES string of the molecule is O=C(c1ccc(F)c(F)c1)N1CCCN(C(=O)c2cccs2)CC1. The summed E-state index contributed by atoms with van der Waals surface area (Å²) in [6, 6.07) is 6.75. The molecule has 0 bridgehead atoms. The van der Waals surface area contributed by atoms with Gasteiger partial charge in [0.15, 0.2) is 11.6 Å². The molecule has 2 amide bonds. The fourth-order valence-electron chi connectivity index (χ4n) is 2.69. The van der Waals surface area contributed by atoms with Crippen LogP contribution >= 0.6 is 11.3 Å². The number of carbonyl (C=O) groups is 2. The molecule has 0 aliphatic carbocycles. The number of hydrogen-bond donors (Lipinski definition) is 0. The van der Waals surface area contributed by atoms with Crippen LogP contribution in [0, 0.1) is 11.6 Å². The van der Waals surface area contributed by atoms with Crippen LogP contribution < -0.4 is 0 Å². The van der Waals surface area contributed by atoms with Gasteiger partial charge in [-0.25, -0.2) is 8.78 Å². The molecule has 0 N–H and O–H groups in total. The lowest BCUT2D eigenvalue weighted by Crippen LogP contribution is -2.37. The molecule has 126 valence electrons. The molecule has 0 radical (unpaired) electrons. The van der Waals surface area contributed by atoms with Crippen LogP contribution in [-0.4, -0.2) is 47.8 Å². The second kappa shape index (κ2) is 7.09. The minimum absolute atomic E-state index is 0.0351. The van der Waals surface area contributed by atoms with E-state index < -0.39 is 11.6 Å². The monoisotopic (exact) mass is 350 g/mol. The highest BCUT2D eigenvalue weighted by Crippen LogP contribution is 2.16. The van der Waals surface area contributed by atoms with Crippen molar-refractivity contribution >= 4 is 23.2 Å². The Morgan fingerprint density at radius 3 is 2.25 bits per heavy atom. The van der Waals surface area contributed by atoms with Crippen molar-refractivity contribution in [3.63, 3.8) is 0 Å². The molecule has 1 aliphatic heterocycles. The van der Waals surface area contributed by atoms with Gasteiger partial charge in [-0.15, -0.1) is 11.3 Å². The van der Waals surface area contributed by atoms with E-state index in [4.69, 9.17) is 0 Å². The van der Waals surface area contributed by atoms with E-state index in [0.717, 1.165) is 12.1 Å². The van der Waals surface area contributed by atoms with Crippen LogP contribution in [0.25, 0.3) is 0 Å². The lowest BCUT2D eigenvalue weighted by molar-refractivity contribution is 0.0721. The van der Waals surface area contributed by atoms with Gasteiger partial charge in [0, 0.05) is 31.7 Å². The van der Waals surface area contributed by atoms with Crippen LogP contribution in [0.1, 0.15) is 26.5 Å². The number of carbonyl (C=O) groups excluding carboxylic acids is 2. The second-order valence-electron chi connectivity index (χ2n) is 5.54. The van der Waals surface area contributed by atoms with E-state index in [0.29, 0.717) is 37.5 Å². The molecule has 0 saturated carbocycles. The van der Waals surface area contributed by atoms with Crippen molar-refractivity contribution in [3.05, 3.63) is 57.8 Å². The average molecular weight is 350 g/mol. The molecule has 2 heterocycles. The van der Waals surface area contributed by atoms with Gasteiger partial charge in [-0.1, -0.05) is 6.07 Å². The molecular formula is C17H16F2N2O2S. The third kappa shape index (κ3) is 3.46. The fourth-order valence-corrected chi connectivity index (χ4v) is 3.38. The van der Waals surface area contributed by atoms with E-state index in [1.54, 1.807) is 15.9 Å². The van der Waals surface area contributed by atoms with Gasteiger partial charge in [-0.2, -0.15) is 0 Å². The highest BCUT2D eigenvalue weighted by atomic mass is 32.1. The number of hydrogen-bond acceptors (Lipinski definition) is 3. The van der Waals surface area contributed by atoms with Crippen molar-refractivity contribution in [2.24, 2.45) is 0 Å². The van der Waals surface area contributed by atoms with Crippen molar-refractivity contribution in [2.75, 3.05) is 26.2 Å². The topological polar surface area (TPSA) is 40.6 Å². The molecule has 1 saturated heterocycles. The molecule has 1 fully saturated rings. The lowest BCUT2D eigenvalue weighted by atomic mass is 10.2. The van der Waals surface area contributed by atoms with Gasteiger partial charge < -0.3 is 9.80 Å². The summed E-state index contributed by atoms with van der Waals surface area (Å²) in [7, 11) is 0. The zero-order chi connectivity index (χ0) is 17.1. The molecule has 2 aromatic rings. The predicted molar refractivity (Wildman–Crippen MR) is 87.1 cm³/mol. The van der Waals surface area contributed by atoms with E-state index in [1.807, 2.05) is 11.4 Å². The molecule has 7 heteroatoms. The van der Waals surface area contributed by atoms with Crippen LogP contribution in [-0.2, 0) is 0 Å². The van der Waals surface area contributed by atoms with Gasteiger partial charge in [0.05, 0.1) is 4.88 Å². The number of benzene rings is 1. The number of amides is 2. The van der Waals surface area contributed by atoms with Crippen LogP contribution in [0.3, 0.4) is 0 Å². The summed E-state index contributed by atoms with van der Waals surface area (Å²) in [5, 5.41) is 1.85. The minimum atomic E-state index is -1.04. The van der Waals surface area contributed by atoms with Crippen molar-refractivity contribution in [1.29, 1.82) is 0 Å². The summed E-state index contributed by atoms with van der Waals surface area (Å²) in [6.45, 7) is 1.84. The van der Waals surface area contributed by atoms with Crippen LogP contribution in [0.5, 0.6) is 0 Å². The van der Waals surface area contributed by atoms with E-state index in [2.05, 4.69) is 0 Å². The average Bonchev–Trinajstić information content (AvgIpc) is 3.00. The number of nitrogens with zero attached hydrogens (tertiary/aromatic N) is 2. The first-order valence-electron chi connectivity index (χ1n) is 7.63. The number of rotatable bonds is 2. The predicted octanol–water partition coefficient (Wildman–Crippen LogP) is 3.01. The Balaban J connectivity index is 1.67.